The molecule has 3 amide bonds. The summed E-state index contributed by atoms with van der Waals surface area (Å²) in [6.07, 6.45) is 0.449. The lowest BCUT2D eigenvalue weighted by Crippen LogP contribution is -2.56. The van der Waals surface area contributed by atoms with E-state index in [0.717, 1.165) is 5.56 Å². The first kappa shape index (κ1) is 23.5. The highest BCUT2D eigenvalue weighted by atomic mass is 16.6. The van der Waals surface area contributed by atoms with Gasteiger partial charge in [-0.15, -0.1) is 0 Å². The zero-order chi connectivity index (χ0) is 22.3. The molecule has 0 saturated heterocycles. The summed E-state index contributed by atoms with van der Waals surface area (Å²) < 4.78 is 10.7. The maximum atomic E-state index is 12.4. The van der Waals surface area contributed by atoms with Crippen LogP contribution in [0.4, 0.5) is 9.59 Å². The smallest absolute Gasteiger partial charge is 0.407 e. The van der Waals surface area contributed by atoms with Gasteiger partial charge in [-0.2, -0.15) is 0 Å². The highest BCUT2D eigenvalue weighted by molar-refractivity contribution is 5.79. The van der Waals surface area contributed by atoms with Gasteiger partial charge in [0.15, 0.2) is 0 Å². The Hall–Kier alpha value is -2.77. The van der Waals surface area contributed by atoms with Crippen LogP contribution in [0.2, 0.25) is 0 Å². The number of rotatable bonds is 5. The summed E-state index contributed by atoms with van der Waals surface area (Å²) in [6, 6.07) is 8.60. The molecule has 1 aromatic rings. The van der Waals surface area contributed by atoms with E-state index in [0.29, 0.717) is 19.3 Å². The molecule has 8 heteroatoms. The van der Waals surface area contributed by atoms with Crippen LogP contribution in [0.1, 0.15) is 45.6 Å². The molecule has 3 atom stereocenters. The van der Waals surface area contributed by atoms with E-state index in [9.17, 15) is 14.4 Å². The largest absolute Gasteiger partial charge is 0.445 e. The van der Waals surface area contributed by atoms with E-state index >= 15 is 0 Å². The molecule has 0 unspecified atom stereocenters. The third-order valence-electron chi connectivity index (χ3n) is 4.86. The zero-order valence-corrected chi connectivity index (χ0v) is 18.4. The summed E-state index contributed by atoms with van der Waals surface area (Å²) in [6.45, 7) is 5.50. The maximum Gasteiger partial charge on any atom is 0.407 e. The Morgan fingerprint density at radius 2 is 1.63 bits per heavy atom. The predicted octanol–water partition coefficient (Wildman–Crippen LogP) is 3.06. The van der Waals surface area contributed by atoms with Gasteiger partial charge in [0.05, 0.1) is 12.1 Å². The second-order valence-electron chi connectivity index (χ2n) is 8.81. The lowest BCUT2D eigenvalue weighted by atomic mass is 9.81. The predicted molar refractivity (Wildman–Crippen MR) is 113 cm³/mol. The topological polar surface area (TPSA) is 97.0 Å². The normalized spacial score (nSPS) is 21.3. The Bertz CT molecular complexity index is 730. The average molecular weight is 420 g/mol. The van der Waals surface area contributed by atoms with Crippen LogP contribution in [0, 0.1) is 5.92 Å². The Kier molecular flexibility index (Phi) is 8.08. The van der Waals surface area contributed by atoms with E-state index in [1.54, 1.807) is 39.8 Å². The molecule has 30 heavy (non-hydrogen) atoms. The van der Waals surface area contributed by atoms with Crippen LogP contribution >= 0.6 is 0 Å². The number of nitrogens with one attached hydrogen (secondary N) is 2. The fourth-order valence-electron chi connectivity index (χ4n) is 3.47. The van der Waals surface area contributed by atoms with Crippen molar-refractivity contribution in [2.24, 2.45) is 5.92 Å². The third kappa shape index (κ3) is 7.57. The number of ether oxygens (including phenoxy) is 2. The Morgan fingerprint density at radius 1 is 1.00 bits per heavy atom. The minimum Gasteiger partial charge on any atom is -0.445 e. The van der Waals surface area contributed by atoms with Crippen molar-refractivity contribution in [2.75, 3.05) is 14.1 Å². The highest BCUT2D eigenvalue weighted by Crippen LogP contribution is 2.27. The molecule has 1 aromatic carbocycles. The fraction of sp³-hybridized carbons (Fsp3) is 0.591. The zero-order valence-electron chi connectivity index (χ0n) is 18.4. The van der Waals surface area contributed by atoms with Crippen LogP contribution in [0.5, 0.6) is 0 Å². The number of nitrogens with zero attached hydrogens (tertiary/aromatic N) is 1. The summed E-state index contributed by atoms with van der Waals surface area (Å²) >= 11 is 0. The van der Waals surface area contributed by atoms with Crippen molar-refractivity contribution in [3.05, 3.63) is 35.9 Å². The fourth-order valence-corrected chi connectivity index (χ4v) is 3.47. The van der Waals surface area contributed by atoms with E-state index in [4.69, 9.17) is 9.47 Å². The standard InChI is InChI=1S/C22H33N3O5/c1-22(2,3)30-21(28)24-18-13-16(19(26)25(4)5)11-12-17(18)23-20(27)29-14-15-9-7-6-8-10-15/h6-10,16-18H,11-14H2,1-5H3,(H,23,27)(H,24,28)/t16-,17-,18+/m1/s1. The first-order chi connectivity index (χ1) is 14.0. The van der Waals surface area contributed by atoms with Crippen LogP contribution in [0.25, 0.3) is 0 Å². The summed E-state index contributed by atoms with van der Waals surface area (Å²) in [5.41, 5.74) is 0.242. The average Bonchev–Trinajstić information content (AvgIpc) is 2.66. The van der Waals surface area contributed by atoms with Crippen molar-refractivity contribution < 1.29 is 23.9 Å². The van der Waals surface area contributed by atoms with Gasteiger partial charge >= 0.3 is 12.2 Å². The molecule has 8 nitrogen and oxygen atoms in total. The van der Waals surface area contributed by atoms with Gasteiger partial charge in [-0.25, -0.2) is 9.59 Å². The molecule has 0 aliphatic heterocycles. The van der Waals surface area contributed by atoms with Gasteiger partial charge in [-0.1, -0.05) is 30.3 Å². The number of carbonyl (C=O) groups excluding carboxylic acids is 3. The van der Waals surface area contributed by atoms with Crippen molar-refractivity contribution in [3.8, 4) is 0 Å². The van der Waals surface area contributed by atoms with Crippen LogP contribution in [0.3, 0.4) is 0 Å². The lowest BCUT2D eigenvalue weighted by molar-refractivity contribution is -0.134. The summed E-state index contributed by atoms with van der Waals surface area (Å²) in [7, 11) is 3.42. The highest BCUT2D eigenvalue weighted by Gasteiger charge is 2.37. The molecule has 1 saturated carbocycles. The van der Waals surface area contributed by atoms with E-state index in [1.165, 1.54) is 0 Å². The summed E-state index contributed by atoms with van der Waals surface area (Å²) in [4.78, 5) is 38.6. The Balaban J connectivity index is 2.00. The van der Waals surface area contributed by atoms with Gasteiger partial charge in [-0.3, -0.25) is 4.79 Å². The van der Waals surface area contributed by atoms with Crippen LogP contribution < -0.4 is 10.6 Å². The summed E-state index contributed by atoms with van der Waals surface area (Å²) in [5, 5.41) is 5.67. The number of hydrogen-bond donors (Lipinski definition) is 2. The number of alkyl carbamates (subject to hydrolysis) is 2. The SMILES string of the molecule is CN(C)C(=O)[C@@H]1CC[C@@H](NC(=O)OCc2ccccc2)[C@@H](NC(=O)OC(C)(C)C)C1. The molecular weight excluding hydrogens is 386 g/mol. The third-order valence-corrected chi connectivity index (χ3v) is 4.86. The monoisotopic (exact) mass is 419 g/mol. The molecule has 1 fully saturated rings. The van der Waals surface area contributed by atoms with Gasteiger partial charge < -0.3 is 25.0 Å². The second kappa shape index (κ2) is 10.3. The van der Waals surface area contributed by atoms with Crippen LogP contribution in [-0.4, -0.2) is 54.8 Å². The molecule has 0 aromatic heterocycles. The van der Waals surface area contributed by atoms with E-state index < -0.39 is 23.8 Å². The molecule has 0 bridgehead atoms. The molecular formula is C22H33N3O5. The first-order valence-corrected chi connectivity index (χ1v) is 10.2. The van der Waals surface area contributed by atoms with Crippen molar-refractivity contribution in [1.82, 2.24) is 15.5 Å². The van der Waals surface area contributed by atoms with Gasteiger partial charge in [0, 0.05) is 20.0 Å². The van der Waals surface area contributed by atoms with Crippen molar-refractivity contribution in [1.29, 1.82) is 0 Å². The van der Waals surface area contributed by atoms with E-state index in [1.807, 2.05) is 30.3 Å². The molecule has 1 aliphatic rings. The quantitative estimate of drug-likeness (QED) is 0.765. The van der Waals surface area contributed by atoms with Crippen molar-refractivity contribution >= 4 is 18.1 Å². The second-order valence-corrected chi connectivity index (χ2v) is 8.81. The molecule has 0 heterocycles. The van der Waals surface area contributed by atoms with Crippen LogP contribution in [0.15, 0.2) is 30.3 Å². The van der Waals surface area contributed by atoms with Crippen molar-refractivity contribution in [3.63, 3.8) is 0 Å². The lowest BCUT2D eigenvalue weighted by Gasteiger charge is -2.37. The Labute approximate surface area is 178 Å². The minimum absolute atomic E-state index is 0.0103. The van der Waals surface area contributed by atoms with Gasteiger partial charge in [0.1, 0.15) is 12.2 Å². The van der Waals surface area contributed by atoms with Gasteiger partial charge in [0.25, 0.3) is 0 Å². The molecule has 1 aliphatic carbocycles. The van der Waals surface area contributed by atoms with Crippen molar-refractivity contribution in [2.45, 2.75) is 64.3 Å². The number of amides is 3. The number of hydrogen-bond acceptors (Lipinski definition) is 5. The van der Waals surface area contributed by atoms with Crippen LogP contribution in [-0.2, 0) is 20.9 Å². The van der Waals surface area contributed by atoms with Gasteiger partial charge in [0.2, 0.25) is 5.91 Å². The Morgan fingerprint density at radius 3 is 2.23 bits per heavy atom. The molecule has 2 rings (SSSR count). The van der Waals surface area contributed by atoms with E-state index in [-0.39, 0.29) is 24.5 Å². The maximum absolute atomic E-state index is 12.4. The minimum atomic E-state index is -0.644. The first-order valence-electron chi connectivity index (χ1n) is 10.2. The number of benzene rings is 1. The van der Waals surface area contributed by atoms with Gasteiger partial charge in [-0.05, 0) is 45.6 Å². The molecule has 166 valence electrons. The molecule has 0 spiro atoms. The molecule has 2 N–H and O–H groups in total. The van der Waals surface area contributed by atoms with E-state index in [2.05, 4.69) is 10.6 Å². The number of carbonyl (C=O) groups is 3. The molecule has 0 radical (unpaired) electrons. The summed E-state index contributed by atoms with van der Waals surface area (Å²) in [5.74, 6) is -0.214.